The first kappa shape index (κ1) is 26.8. The van der Waals surface area contributed by atoms with E-state index < -0.39 is 0 Å². The average Bonchev–Trinajstić information content (AvgIpc) is 3.83. The molecule has 1 unspecified atom stereocenters. The first-order valence-corrected chi connectivity index (χ1v) is 16.2. The molecule has 0 spiro atoms. The van der Waals surface area contributed by atoms with Crippen molar-refractivity contribution in [2.24, 2.45) is 0 Å². The predicted molar refractivity (Wildman–Crippen MR) is 189 cm³/mol. The van der Waals surface area contributed by atoms with E-state index >= 15 is 0 Å². The third-order valence-electron chi connectivity index (χ3n) is 9.54. The Morgan fingerprint density at radius 2 is 1.30 bits per heavy atom. The molecule has 0 saturated carbocycles. The van der Waals surface area contributed by atoms with Gasteiger partial charge in [-0.2, -0.15) is 0 Å². The fourth-order valence-corrected chi connectivity index (χ4v) is 7.15. The molecule has 1 aliphatic heterocycles. The van der Waals surface area contributed by atoms with Gasteiger partial charge in [-0.15, -0.1) is 0 Å². The van der Waals surface area contributed by atoms with E-state index in [1.54, 1.807) is 0 Å². The number of aromatic nitrogens is 2. The van der Waals surface area contributed by atoms with Crippen LogP contribution in [0, 0.1) is 0 Å². The molecule has 0 fully saturated rings. The van der Waals surface area contributed by atoms with Crippen molar-refractivity contribution < 1.29 is 4.74 Å². The second kappa shape index (κ2) is 11.1. The number of benzene rings is 6. The molecule has 6 aromatic carbocycles. The van der Waals surface area contributed by atoms with Crippen molar-refractivity contribution in [3.63, 3.8) is 0 Å². The monoisotopic (exact) mass is 592 g/mol. The fraction of sp³-hybridized carbons (Fsp3) is 0.116. The summed E-state index contributed by atoms with van der Waals surface area (Å²) in [5.74, 6) is 1.77. The molecule has 1 aliphatic carbocycles. The first-order valence-electron chi connectivity index (χ1n) is 16.2. The zero-order valence-electron chi connectivity index (χ0n) is 25.5. The molecule has 0 bridgehead atoms. The van der Waals surface area contributed by atoms with Crippen molar-refractivity contribution in [2.75, 3.05) is 0 Å². The summed E-state index contributed by atoms with van der Waals surface area (Å²) in [7, 11) is 0. The molecule has 1 atom stereocenters. The van der Waals surface area contributed by atoms with Crippen LogP contribution in [0.25, 0.3) is 60.9 Å². The molecule has 3 heteroatoms. The van der Waals surface area contributed by atoms with Crippen LogP contribution in [0.2, 0.25) is 0 Å². The van der Waals surface area contributed by atoms with Crippen LogP contribution in [0.3, 0.4) is 0 Å². The van der Waals surface area contributed by atoms with Crippen LogP contribution in [0.4, 0.5) is 0 Å². The average molecular weight is 593 g/mol. The van der Waals surface area contributed by atoms with E-state index in [1.165, 1.54) is 55.8 Å². The van der Waals surface area contributed by atoms with Crippen molar-refractivity contribution in [2.45, 2.75) is 31.8 Å². The van der Waals surface area contributed by atoms with Crippen molar-refractivity contribution in [1.82, 2.24) is 9.97 Å². The van der Waals surface area contributed by atoms with E-state index in [9.17, 15) is 0 Å². The Bertz CT molecular complexity index is 2270. The molecule has 0 saturated heterocycles. The smallest absolute Gasteiger partial charge is 0.160 e. The highest BCUT2D eigenvalue weighted by Crippen LogP contribution is 2.43. The van der Waals surface area contributed by atoms with Crippen LogP contribution in [0.15, 0.2) is 140 Å². The lowest BCUT2D eigenvalue weighted by atomic mass is 9.92. The van der Waals surface area contributed by atoms with Crippen LogP contribution >= 0.6 is 0 Å². The maximum absolute atomic E-state index is 6.45. The Morgan fingerprint density at radius 3 is 2.11 bits per heavy atom. The number of allylic oxidation sites excluding steroid dienone is 2. The van der Waals surface area contributed by atoms with E-state index in [0.717, 1.165) is 53.4 Å². The van der Waals surface area contributed by atoms with Gasteiger partial charge in [0.25, 0.3) is 0 Å². The molecule has 1 aromatic heterocycles. The van der Waals surface area contributed by atoms with E-state index in [2.05, 4.69) is 133 Å². The van der Waals surface area contributed by atoms with Gasteiger partial charge in [0.2, 0.25) is 0 Å². The summed E-state index contributed by atoms with van der Waals surface area (Å²) in [6, 6.07) is 47.5. The number of ether oxygens (including phenoxy) is 1. The molecule has 7 aromatic rings. The van der Waals surface area contributed by atoms with Gasteiger partial charge in [-0.05, 0) is 81.3 Å². The predicted octanol–water partition coefficient (Wildman–Crippen LogP) is 11.0. The molecule has 0 radical (unpaired) electrons. The summed E-state index contributed by atoms with van der Waals surface area (Å²) in [5.41, 5.74) is 10.4. The van der Waals surface area contributed by atoms with Gasteiger partial charge in [-0.1, -0.05) is 121 Å². The van der Waals surface area contributed by atoms with Crippen molar-refractivity contribution >= 4 is 27.1 Å². The maximum atomic E-state index is 6.45. The Kier molecular flexibility index (Phi) is 6.48. The van der Waals surface area contributed by atoms with Gasteiger partial charge in [0, 0.05) is 23.1 Å². The second-order valence-corrected chi connectivity index (χ2v) is 12.4. The molecule has 0 N–H and O–H groups in total. The summed E-state index contributed by atoms with van der Waals surface area (Å²) in [5, 5.41) is 5.07. The third kappa shape index (κ3) is 4.76. The van der Waals surface area contributed by atoms with Crippen LogP contribution in [0.5, 0.6) is 5.75 Å². The van der Waals surface area contributed by atoms with Crippen molar-refractivity contribution in [3.8, 4) is 39.5 Å². The van der Waals surface area contributed by atoms with Gasteiger partial charge in [0.1, 0.15) is 11.9 Å². The summed E-state index contributed by atoms with van der Waals surface area (Å²) in [6.45, 7) is 0. The number of hydrogen-bond donors (Lipinski definition) is 0. The molecular weight excluding hydrogens is 560 g/mol. The molecule has 2 heterocycles. The topological polar surface area (TPSA) is 35.0 Å². The Morgan fingerprint density at radius 1 is 0.587 bits per heavy atom. The van der Waals surface area contributed by atoms with Gasteiger partial charge in [0.05, 0.1) is 11.4 Å². The highest BCUT2D eigenvalue weighted by atomic mass is 16.5. The lowest BCUT2D eigenvalue weighted by molar-refractivity contribution is 0.239. The quantitative estimate of drug-likeness (QED) is 0.187. The summed E-state index contributed by atoms with van der Waals surface area (Å²) >= 11 is 0. The maximum Gasteiger partial charge on any atom is 0.160 e. The molecule has 9 rings (SSSR count). The van der Waals surface area contributed by atoms with E-state index in [0.29, 0.717) is 0 Å². The molecule has 0 amide bonds. The molecule has 46 heavy (non-hydrogen) atoms. The summed E-state index contributed by atoms with van der Waals surface area (Å²) < 4.78 is 6.45. The van der Waals surface area contributed by atoms with Crippen LogP contribution < -0.4 is 4.74 Å². The Balaban J connectivity index is 1.06. The number of fused-ring (bicyclic) bond motifs is 5. The van der Waals surface area contributed by atoms with Crippen LogP contribution in [0.1, 0.15) is 42.2 Å². The summed E-state index contributed by atoms with van der Waals surface area (Å²) in [4.78, 5) is 10.1. The zero-order chi connectivity index (χ0) is 30.5. The number of rotatable bonds is 5. The third-order valence-corrected chi connectivity index (χ3v) is 9.54. The SMILES string of the molecule is C1=C(c2cc(-c3ccccc3)nc(-c3ccc(-c4ccc5c(ccc6ccc7c(c65)CC(c5ccccc5)O7)c4)cc3)n2)CCC1. The zero-order valence-corrected chi connectivity index (χ0v) is 25.5. The largest absolute Gasteiger partial charge is 0.485 e. The molecule has 2 aliphatic rings. The van der Waals surface area contributed by atoms with Gasteiger partial charge in [-0.3, -0.25) is 0 Å². The molecule has 3 nitrogen and oxygen atoms in total. The lowest BCUT2D eigenvalue weighted by Crippen LogP contribution is -2.02. The Hall–Kier alpha value is -5.54. The van der Waals surface area contributed by atoms with Gasteiger partial charge >= 0.3 is 0 Å². The van der Waals surface area contributed by atoms with E-state index in [-0.39, 0.29) is 6.10 Å². The van der Waals surface area contributed by atoms with Crippen LogP contribution in [-0.2, 0) is 6.42 Å². The van der Waals surface area contributed by atoms with Crippen molar-refractivity contribution in [1.29, 1.82) is 0 Å². The standard InChI is InChI=1S/C43H32N2O/c1-3-9-29(10-4-1)38-27-39(30-11-7-8-12-30)45-43(44-38)33-18-15-28(16-19-33)34-21-23-36-35(25-34)20-17-32-22-24-40-37(42(32)36)26-41(46-40)31-13-5-2-6-14-31/h1-6,9-11,13-25,27,41H,7-8,12,26H2. The minimum absolute atomic E-state index is 0.0539. The van der Waals surface area contributed by atoms with Gasteiger partial charge in [0.15, 0.2) is 5.82 Å². The number of nitrogens with zero attached hydrogens (tertiary/aromatic N) is 2. The van der Waals surface area contributed by atoms with E-state index in [4.69, 9.17) is 14.7 Å². The van der Waals surface area contributed by atoms with E-state index in [1.807, 2.05) is 6.07 Å². The fourth-order valence-electron chi connectivity index (χ4n) is 7.15. The lowest BCUT2D eigenvalue weighted by Gasteiger charge is -2.11. The number of hydrogen-bond acceptors (Lipinski definition) is 3. The summed E-state index contributed by atoms with van der Waals surface area (Å²) in [6.07, 6.45) is 6.65. The minimum atomic E-state index is 0.0539. The van der Waals surface area contributed by atoms with Gasteiger partial charge in [-0.25, -0.2) is 9.97 Å². The van der Waals surface area contributed by atoms with Crippen molar-refractivity contribution in [3.05, 3.63) is 156 Å². The van der Waals surface area contributed by atoms with Gasteiger partial charge < -0.3 is 4.74 Å². The highest BCUT2D eigenvalue weighted by Gasteiger charge is 2.26. The second-order valence-electron chi connectivity index (χ2n) is 12.4. The molecular formula is C43H32N2O. The minimum Gasteiger partial charge on any atom is -0.485 e. The highest BCUT2D eigenvalue weighted by molar-refractivity contribution is 6.11. The first-order chi connectivity index (χ1) is 22.8. The normalized spacial score (nSPS) is 15.6. The Labute approximate surface area is 268 Å². The molecule has 220 valence electrons. The van der Waals surface area contributed by atoms with Crippen LogP contribution in [-0.4, -0.2) is 9.97 Å².